The highest BCUT2D eigenvalue weighted by atomic mass is 16.5. The van der Waals surface area contributed by atoms with Gasteiger partial charge in [-0.25, -0.2) is 9.97 Å². The molecule has 4 rings (SSSR count). The Morgan fingerprint density at radius 2 is 2.00 bits per heavy atom. The highest BCUT2D eigenvalue weighted by molar-refractivity contribution is 5.93. The number of nitrogens with zero attached hydrogens (tertiary/aromatic N) is 6. The molecule has 2 aliphatic heterocycles. The van der Waals surface area contributed by atoms with Crippen molar-refractivity contribution in [2.45, 2.75) is 32.8 Å². The predicted molar refractivity (Wildman–Crippen MR) is 101 cm³/mol. The van der Waals surface area contributed by atoms with Crippen LogP contribution in [0, 0.1) is 0 Å². The van der Waals surface area contributed by atoms with Gasteiger partial charge in [0.1, 0.15) is 5.69 Å². The number of piperazine rings is 1. The third-order valence-electron chi connectivity index (χ3n) is 5.24. The van der Waals surface area contributed by atoms with Crippen LogP contribution in [0.3, 0.4) is 0 Å². The van der Waals surface area contributed by atoms with Crippen LogP contribution >= 0.6 is 0 Å². The van der Waals surface area contributed by atoms with Crippen molar-refractivity contribution in [2.75, 3.05) is 37.7 Å². The van der Waals surface area contributed by atoms with Gasteiger partial charge in [-0.3, -0.25) is 9.48 Å². The quantitative estimate of drug-likeness (QED) is 0.812. The topological polar surface area (TPSA) is 76.4 Å². The fourth-order valence-electron chi connectivity index (χ4n) is 3.52. The summed E-state index contributed by atoms with van der Waals surface area (Å²) in [6.45, 7) is 8.26. The Morgan fingerprint density at radius 1 is 1.22 bits per heavy atom. The van der Waals surface area contributed by atoms with E-state index in [-0.39, 0.29) is 5.91 Å². The van der Waals surface area contributed by atoms with E-state index < -0.39 is 0 Å². The fourth-order valence-corrected chi connectivity index (χ4v) is 3.52. The Morgan fingerprint density at radius 3 is 2.70 bits per heavy atom. The number of hydrogen-bond donors (Lipinski definition) is 0. The number of carbonyl (C=O) groups excluding carboxylic acids is 1. The minimum atomic E-state index is 0.0417. The molecule has 8 nitrogen and oxygen atoms in total. The lowest BCUT2D eigenvalue weighted by atomic mass is 10.1. The number of hydrogen-bond acceptors (Lipinski definition) is 6. The Balaban J connectivity index is 1.42. The maximum atomic E-state index is 12.9. The molecule has 0 saturated carbocycles. The monoisotopic (exact) mass is 370 g/mol. The van der Waals surface area contributed by atoms with Crippen molar-refractivity contribution in [1.82, 2.24) is 24.6 Å². The lowest BCUT2D eigenvalue weighted by Gasteiger charge is -2.35. The van der Waals surface area contributed by atoms with Gasteiger partial charge in [-0.2, -0.15) is 5.10 Å². The largest absolute Gasteiger partial charge is 0.376 e. The summed E-state index contributed by atoms with van der Waals surface area (Å²) in [6, 6.07) is 1.91. The van der Waals surface area contributed by atoms with Crippen LogP contribution in [0.15, 0.2) is 12.3 Å². The minimum absolute atomic E-state index is 0.0417. The lowest BCUT2D eigenvalue weighted by Crippen LogP contribution is -2.49. The van der Waals surface area contributed by atoms with Gasteiger partial charge in [-0.15, -0.1) is 0 Å². The molecule has 4 heterocycles. The van der Waals surface area contributed by atoms with Crippen LogP contribution < -0.4 is 4.90 Å². The molecule has 1 saturated heterocycles. The summed E-state index contributed by atoms with van der Waals surface area (Å²) >= 11 is 0. The van der Waals surface area contributed by atoms with Crippen molar-refractivity contribution in [3.05, 3.63) is 34.9 Å². The Hall–Kier alpha value is -2.48. The van der Waals surface area contributed by atoms with E-state index in [1.807, 2.05) is 24.2 Å². The minimum Gasteiger partial charge on any atom is -0.376 e. The van der Waals surface area contributed by atoms with E-state index in [2.05, 4.69) is 28.8 Å². The maximum absolute atomic E-state index is 12.9. The summed E-state index contributed by atoms with van der Waals surface area (Å²) in [7, 11) is 1.83. The van der Waals surface area contributed by atoms with E-state index in [0.717, 1.165) is 49.0 Å². The average Bonchev–Trinajstić information content (AvgIpc) is 3.09. The SMILES string of the molecule is CC(C)c1cc(C(=O)N2CCN(c3ncc4c(n3)CCOC4)CC2)n(C)n1. The first-order valence-corrected chi connectivity index (χ1v) is 9.53. The van der Waals surface area contributed by atoms with Crippen molar-refractivity contribution < 1.29 is 9.53 Å². The molecule has 0 aliphatic carbocycles. The smallest absolute Gasteiger partial charge is 0.272 e. The standard InChI is InChI=1S/C19H26N6O2/c1-13(2)16-10-17(23(3)22-16)18(26)24-5-7-25(8-6-24)19-20-11-14-12-27-9-4-15(14)21-19/h10-11,13H,4-9,12H2,1-3H3. The maximum Gasteiger partial charge on any atom is 0.272 e. The zero-order valence-electron chi connectivity index (χ0n) is 16.2. The first-order chi connectivity index (χ1) is 13.0. The highest BCUT2D eigenvalue weighted by Gasteiger charge is 2.26. The van der Waals surface area contributed by atoms with Gasteiger partial charge in [0.15, 0.2) is 0 Å². The predicted octanol–water partition coefficient (Wildman–Crippen LogP) is 1.37. The summed E-state index contributed by atoms with van der Waals surface area (Å²) in [5, 5.41) is 4.46. The summed E-state index contributed by atoms with van der Waals surface area (Å²) in [4.78, 5) is 26.2. The van der Waals surface area contributed by atoms with Crippen molar-refractivity contribution in [3.8, 4) is 0 Å². The molecule has 144 valence electrons. The molecule has 0 radical (unpaired) electrons. The molecule has 0 atom stereocenters. The molecule has 0 unspecified atom stereocenters. The van der Waals surface area contributed by atoms with Gasteiger partial charge in [-0.1, -0.05) is 13.8 Å². The second kappa shape index (κ2) is 7.26. The summed E-state index contributed by atoms with van der Waals surface area (Å²) in [6.07, 6.45) is 2.71. The van der Waals surface area contributed by atoms with Gasteiger partial charge >= 0.3 is 0 Å². The van der Waals surface area contributed by atoms with Crippen LogP contribution in [-0.2, 0) is 24.8 Å². The molecule has 8 heteroatoms. The molecular formula is C19H26N6O2. The van der Waals surface area contributed by atoms with Gasteiger partial charge < -0.3 is 14.5 Å². The number of ether oxygens (including phenoxy) is 1. The fraction of sp³-hybridized carbons (Fsp3) is 0.579. The number of aryl methyl sites for hydroxylation is 1. The van der Waals surface area contributed by atoms with Crippen molar-refractivity contribution in [2.24, 2.45) is 7.05 Å². The average molecular weight is 370 g/mol. The molecule has 0 N–H and O–H groups in total. The molecule has 0 spiro atoms. The molecule has 1 fully saturated rings. The number of fused-ring (bicyclic) bond motifs is 1. The summed E-state index contributed by atoms with van der Waals surface area (Å²) in [5.74, 6) is 1.10. The van der Waals surface area contributed by atoms with Crippen LogP contribution in [0.4, 0.5) is 5.95 Å². The van der Waals surface area contributed by atoms with Crippen molar-refractivity contribution in [1.29, 1.82) is 0 Å². The van der Waals surface area contributed by atoms with E-state index in [1.54, 1.807) is 4.68 Å². The highest BCUT2D eigenvalue weighted by Crippen LogP contribution is 2.20. The van der Waals surface area contributed by atoms with Crippen LogP contribution in [0.2, 0.25) is 0 Å². The zero-order valence-corrected chi connectivity index (χ0v) is 16.2. The van der Waals surface area contributed by atoms with E-state index in [0.29, 0.717) is 31.3 Å². The van der Waals surface area contributed by atoms with Crippen molar-refractivity contribution >= 4 is 11.9 Å². The summed E-state index contributed by atoms with van der Waals surface area (Å²) < 4.78 is 7.14. The van der Waals surface area contributed by atoms with E-state index in [1.165, 1.54) is 0 Å². The lowest BCUT2D eigenvalue weighted by molar-refractivity contribution is 0.0735. The number of anilines is 1. The number of rotatable bonds is 3. The van der Waals surface area contributed by atoms with Gasteiger partial charge in [0.05, 0.1) is 24.6 Å². The van der Waals surface area contributed by atoms with Gasteiger partial charge in [0.25, 0.3) is 5.91 Å². The van der Waals surface area contributed by atoms with Crippen LogP contribution in [0.1, 0.15) is 47.2 Å². The van der Waals surface area contributed by atoms with E-state index in [4.69, 9.17) is 9.72 Å². The third kappa shape index (κ3) is 3.53. The third-order valence-corrected chi connectivity index (χ3v) is 5.24. The Kier molecular flexibility index (Phi) is 4.82. The second-order valence-corrected chi connectivity index (χ2v) is 7.46. The second-order valence-electron chi connectivity index (χ2n) is 7.46. The number of amides is 1. The van der Waals surface area contributed by atoms with Crippen molar-refractivity contribution in [3.63, 3.8) is 0 Å². The Bertz CT molecular complexity index is 839. The molecule has 2 aliphatic rings. The van der Waals surface area contributed by atoms with Crippen LogP contribution in [-0.4, -0.2) is 63.3 Å². The molecule has 1 amide bonds. The molecule has 27 heavy (non-hydrogen) atoms. The zero-order chi connectivity index (χ0) is 19.0. The summed E-state index contributed by atoms with van der Waals surface area (Å²) in [5.41, 5.74) is 3.76. The normalized spacial score (nSPS) is 17.3. The molecular weight excluding hydrogens is 344 g/mol. The molecule has 2 aromatic heterocycles. The molecule has 0 bridgehead atoms. The number of carbonyl (C=O) groups is 1. The first kappa shape index (κ1) is 17.9. The Labute approximate surface area is 159 Å². The molecule has 0 aromatic carbocycles. The number of aromatic nitrogens is 4. The van der Waals surface area contributed by atoms with Gasteiger partial charge in [0, 0.05) is 51.4 Å². The van der Waals surface area contributed by atoms with E-state index in [9.17, 15) is 4.79 Å². The van der Waals surface area contributed by atoms with Crippen LogP contribution in [0.5, 0.6) is 0 Å². The van der Waals surface area contributed by atoms with E-state index >= 15 is 0 Å². The first-order valence-electron chi connectivity index (χ1n) is 9.53. The van der Waals surface area contributed by atoms with Gasteiger partial charge in [-0.05, 0) is 12.0 Å². The van der Waals surface area contributed by atoms with Crippen LogP contribution in [0.25, 0.3) is 0 Å². The van der Waals surface area contributed by atoms with Gasteiger partial charge in [0.2, 0.25) is 5.95 Å². The molecule has 2 aromatic rings.